The van der Waals surface area contributed by atoms with E-state index in [1.807, 2.05) is 48.5 Å². The monoisotopic (exact) mass is 320 g/mol. The van der Waals surface area contributed by atoms with Crippen LogP contribution in [-0.4, -0.2) is 16.1 Å². The molecule has 0 atom stereocenters. The van der Waals surface area contributed by atoms with Gasteiger partial charge in [0.15, 0.2) is 5.69 Å². The molecule has 0 saturated carbocycles. The third-order valence-electron chi connectivity index (χ3n) is 3.51. The number of carboxylic acids is 1. The standard InChI is InChI=1S/C19H16N2O3/c20-17-10-9-16(18(21-17)19(22)23)14-7-4-8-15(11-14)24-12-13-5-2-1-3-6-13/h1-11H,12H2,(H2,20,21)(H,22,23). The zero-order chi connectivity index (χ0) is 16.9. The van der Waals surface area contributed by atoms with Gasteiger partial charge in [-0.1, -0.05) is 42.5 Å². The molecule has 0 aliphatic rings. The van der Waals surface area contributed by atoms with Gasteiger partial charge >= 0.3 is 5.97 Å². The molecule has 3 aromatic rings. The first-order chi connectivity index (χ1) is 11.6. The first-order valence-corrected chi connectivity index (χ1v) is 7.40. The van der Waals surface area contributed by atoms with Gasteiger partial charge in [0.2, 0.25) is 0 Å². The number of carbonyl (C=O) groups is 1. The van der Waals surface area contributed by atoms with Gasteiger partial charge in [-0.2, -0.15) is 0 Å². The van der Waals surface area contributed by atoms with E-state index < -0.39 is 5.97 Å². The second-order valence-electron chi connectivity index (χ2n) is 5.24. The lowest BCUT2D eigenvalue weighted by Gasteiger charge is -2.10. The molecule has 3 N–H and O–H groups in total. The Morgan fingerprint density at radius 2 is 1.83 bits per heavy atom. The van der Waals surface area contributed by atoms with E-state index in [9.17, 15) is 9.90 Å². The zero-order valence-corrected chi connectivity index (χ0v) is 12.8. The Balaban J connectivity index is 1.87. The minimum atomic E-state index is -1.12. The molecule has 5 heteroatoms. The lowest BCUT2D eigenvalue weighted by Crippen LogP contribution is -2.05. The number of benzene rings is 2. The second kappa shape index (κ2) is 6.83. The fourth-order valence-corrected chi connectivity index (χ4v) is 2.36. The summed E-state index contributed by atoms with van der Waals surface area (Å²) in [7, 11) is 0. The summed E-state index contributed by atoms with van der Waals surface area (Å²) in [5.41, 5.74) is 7.79. The van der Waals surface area contributed by atoms with Crippen LogP contribution in [0.3, 0.4) is 0 Å². The minimum Gasteiger partial charge on any atom is -0.489 e. The SMILES string of the molecule is Nc1ccc(-c2cccc(OCc3ccccc3)c2)c(C(=O)O)n1. The van der Waals surface area contributed by atoms with Crippen molar-refractivity contribution in [2.75, 3.05) is 5.73 Å². The summed E-state index contributed by atoms with van der Waals surface area (Å²) in [6.07, 6.45) is 0. The van der Waals surface area contributed by atoms with Gasteiger partial charge in [0, 0.05) is 5.56 Å². The molecular formula is C19H16N2O3. The average Bonchev–Trinajstić information content (AvgIpc) is 2.61. The lowest BCUT2D eigenvalue weighted by molar-refractivity contribution is 0.0691. The third kappa shape index (κ3) is 3.52. The number of carboxylic acid groups (broad SMARTS) is 1. The van der Waals surface area contributed by atoms with Gasteiger partial charge in [-0.25, -0.2) is 9.78 Å². The highest BCUT2D eigenvalue weighted by atomic mass is 16.5. The second-order valence-corrected chi connectivity index (χ2v) is 5.24. The van der Waals surface area contributed by atoms with Crippen molar-refractivity contribution < 1.29 is 14.6 Å². The molecule has 0 amide bonds. The number of hydrogen-bond acceptors (Lipinski definition) is 4. The maximum atomic E-state index is 11.4. The predicted molar refractivity (Wildman–Crippen MR) is 91.8 cm³/mol. The van der Waals surface area contributed by atoms with Crippen LogP contribution in [0.2, 0.25) is 0 Å². The zero-order valence-electron chi connectivity index (χ0n) is 12.8. The van der Waals surface area contributed by atoms with E-state index in [2.05, 4.69) is 4.98 Å². The number of nitrogens with two attached hydrogens (primary N) is 1. The van der Waals surface area contributed by atoms with E-state index in [-0.39, 0.29) is 11.5 Å². The summed E-state index contributed by atoms with van der Waals surface area (Å²) in [5.74, 6) is -0.287. The molecule has 5 nitrogen and oxygen atoms in total. The number of nitrogens with zero attached hydrogens (tertiary/aromatic N) is 1. The molecule has 24 heavy (non-hydrogen) atoms. The van der Waals surface area contributed by atoms with Gasteiger partial charge in [-0.3, -0.25) is 0 Å². The number of aromatic carboxylic acids is 1. The largest absolute Gasteiger partial charge is 0.489 e. The summed E-state index contributed by atoms with van der Waals surface area (Å²) in [6.45, 7) is 0.441. The fraction of sp³-hybridized carbons (Fsp3) is 0.0526. The number of pyridine rings is 1. The van der Waals surface area contributed by atoms with Crippen molar-refractivity contribution in [3.63, 3.8) is 0 Å². The van der Waals surface area contributed by atoms with Gasteiger partial charge in [-0.05, 0) is 35.4 Å². The van der Waals surface area contributed by atoms with E-state index in [1.165, 1.54) is 0 Å². The third-order valence-corrected chi connectivity index (χ3v) is 3.51. The minimum absolute atomic E-state index is 0.0739. The molecule has 120 valence electrons. The molecule has 2 aromatic carbocycles. The predicted octanol–water partition coefficient (Wildman–Crippen LogP) is 3.61. The summed E-state index contributed by atoms with van der Waals surface area (Å²) in [4.78, 5) is 15.3. The number of hydrogen-bond donors (Lipinski definition) is 2. The van der Waals surface area contributed by atoms with Crippen molar-refractivity contribution in [3.8, 4) is 16.9 Å². The highest BCUT2D eigenvalue weighted by Gasteiger charge is 2.14. The maximum absolute atomic E-state index is 11.4. The molecule has 3 rings (SSSR count). The molecule has 0 fully saturated rings. The smallest absolute Gasteiger partial charge is 0.355 e. The van der Waals surface area contributed by atoms with E-state index in [4.69, 9.17) is 10.5 Å². The van der Waals surface area contributed by atoms with Gasteiger partial charge in [-0.15, -0.1) is 0 Å². The fourth-order valence-electron chi connectivity index (χ4n) is 2.36. The Labute approximate surface area is 139 Å². The quantitative estimate of drug-likeness (QED) is 0.750. The molecule has 0 spiro atoms. The first kappa shape index (κ1) is 15.6. The molecule has 1 heterocycles. The Hall–Kier alpha value is -3.34. The van der Waals surface area contributed by atoms with Crippen molar-refractivity contribution in [3.05, 3.63) is 78.0 Å². The topological polar surface area (TPSA) is 85.4 Å². The van der Waals surface area contributed by atoms with E-state index >= 15 is 0 Å². The van der Waals surface area contributed by atoms with Crippen LogP contribution in [0.5, 0.6) is 5.75 Å². The van der Waals surface area contributed by atoms with Gasteiger partial charge < -0.3 is 15.6 Å². The normalized spacial score (nSPS) is 10.3. The van der Waals surface area contributed by atoms with E-state index in [0.29, 0.717) is 23.5 Å². The summed E-state index contributed by atoms with van der Waals surface area (Å²) >= 11 is 0. The van der Waals surface area contributed by atoms with Crippen LogP contribution in [0, 0.1) is 0 Å². The van der Waals surface area contributed by atoms with E-state index in [1.54, 1.807) is 18.2 Å². The summed E-state index contributed by atoms with van der Waals surface area (Å²) in [6, 6.07) is 20.3. The van der Waals surface area contributed by atoms with Gasteiger partial charge in [0.1, 0.15) is 18.2 Å². The van der Waals surface area contributed by atoms with Crippen molar-refractivity contribution in [2.24, 2.45) is 0 Å². The Kier molecular flexibility index (Phi) is 4.43. The average molecular weight is 320 g/mol. The van der Waals surface area contributed by atoms with Crippen LogP contribution in [0.15, 0.2) is 66.7 Å². The van der Waals surface area contributed by atoms with Crippen molar-refractivity contribution in [1.29, 1.82) is 0 Å². The molecule has 0 aliphatic heterocycles. The van der Waals surface area contributed by atoms with Crippen molar-refractivity contribution in [1.82, 2.24) is 4.98 Å². The number of aromatic nitrogens is 1. The number of rotatable bonds is 5. The number of anilines is 1. The van der Waals surface area contributed by atoms with Crippen LogP contribution in [0.25, 0.3) is 11.1 Å². The molecular weight excluding hydrogens is 304 g/mol. The Bertz CT molecular complexity index is 863. The molecule has 0 saturated heterocycles. The summed E-state index contributed by atoms with van der Waals surface area (Å²) < 4.78 is 5.79. The molecule has 1 aromatic heterocycles. The highest BCUT2D eigenvalue weighted by Crippen LogP contribution is 2.27. The highest BCUT2D eigenvalue weighted by molar-refractivity contribution is 5.94. The molecule has 0 radical (unpaired) electrons. The Morgan fingerprint density at radius 3 is 2.58 bits per heavy atom. The van der Waals surface area contributed by atoms with Crippen LogP contribution >= 0.6 is 0 Å². The van der Waals surface area contributed by atoms with Crippen LogP contribution in [0.4, 0.5) is 5.82 Å². The summed E-state index contributed by atoms with van der Waals surface area (Å²) in [5, 5.41) is 9.32. The van der Waals surface area contributed by atoms with Crippen molar-refractivity contribution >= 4 is 11.8 Å². The first-order valence-electron chi connectivity index (χ1n) is 7.40. The number of ether oxygens (including phenoxy) is 1. The van der Waals surface area contributed by atoms with Gasteiger partial charge in [0.25, 0.3) is 0 Å². The Morgan fingerprint density at radius 1 is 1.04 bits per heavy atom. The van der Waals surface area contributed by atoms with E-state index in [0.717, 1.165) is 5.56 Å². The van der Waals surface area contributed by atoms with Gasteiger partial charge in [0.05, 0.1) is 0 Å². The lowest BCUT2D eigenvalue weighted by atomic mass is 10.0. The molecule has 0 unspecified atom stereocenters. The maximum Gasteiger partial charge on any atom is 0.355 e. The molecule has 0 aliphatic carbocycles. The van der Waals surface area contributed by atoms with Crippen LogP contribution in [-0.2, 0) is 6.61 Å². The van der Waals surface area contributed by atoms with Crippen LogP contribution in [0.1, 0.15) is 16.1 Å². The van der Waals surface area contributed by atoms with Crippen LogP contribution < -0.4 is 10.5 Å². The van der Waals surface area contributed by atoms with Crippen molar-refractivity contribution in [2.45, 2.75) is 6.61 Å². The number of nitrogen functional groups attached to an aromatic ring is 1. The molecule has 0 bridgehead atoms.